The number of primary amides is 1. The minimum Gasteiger partial charge on any atom is -0.478 e. The summed E-state index contributed by atoms with van der Waals surface area (Å²) >= 11 is 0. The third-order valence-corrected chi connectivity index (χ3v) is 4.73. The van der Waals surface area contributed by atoms with E-state index < -0.39 is 5.97 Å². The molecule has 1 aliphatic rings. The lowest BCUT2D eigenvalue weighted by Crippen LogP contribution is -2.13. The second kappa shape index (κ2) is 6.26. The van der Waals surface area contributed by atoms with Crippen LogP contribution in [0.1, 0.15) is 40.2 Å². The van der Waals surface area contributed by atoms with Gasteiger partial charge in [-0.1, -0.05) is 24.3 Å². The number of pyridine rings is 1. The van der Waals surface area contributed by atoms with Gasteiger partial charge in [-0.05, 0) is 54.2 Å². The molecule has 3 aromatic rings. The molecule has 1 aliphatic carbocycles. The molecule has 5 heteroatoms. The molecule has 1 aromatic heterocycles. The topological polar surface area (TPSA) is 93.3 Å². The number of rotatable bonds is 5. The van der Waals surface area contributed by atoms with Crippen LogP contribution in [0.5, 0.6) is 0 Å². The highest BCUT2D eigenvalue weighted by Crippen LogP contribution is 2.44. The summed E-state index contributed by atoms with van der Waals surface area (Å²) in [5.74, 6) is -0.774. The number of nitrogens with two attached hydrogens (primary N) is 1. The average molecular weight is 346 g/mol. The van der Waals surface area contributed by atoms with Crippen molar-refractivity contribution in [3.63, 3.8) is 0 Å². The molecular formula is C21H18N2O3. The maximum Gasteiger partial charge on any atom is 0.335 e. The van der Waals surface area contributed by atoms with Crippen LogP contribution >= 0.6 is 0 Å². The fourth-order valence-corrected chi connectivity index (χ4v) is 3.28. The lowest BCUT2D eigenvalue weighted by atomic mass is 9.98. The second-order valence-electron chi connectivity index (χ2n) is 6.75. The summed E-state index contributed by atoms with van der Waals surface area (Å²) in [5, 5.41) is 10.2. The first kappa shape index (κ1) is 16.3. The van der Waals surface area contributed by atoms with Gasteiger partial charge in [0.15, 0.2) is 0 Å². The molecule has 3 N–H and O–H groups in total. The maximum absolute atomic E-state index is 11.2. The van der Waals surface area contributed by atoms with Crippen molar-refractivity contribution in [1.29, 1.82) is 0 Å². The average Bonchev–Trinajstić information content (AvgIpc) is 3.45. The Balaban J connectivity index is 1.83. The smallest absolute Gasteiger partial charge is 0.335 e. The molecule has 26 heavy (non-hydrogen) atoms. The summed E-state index contributed by atoms with van der Waals surface area (Å²) in [7, 11) is 0. The van der Waals surface area contributed by atoms with Crippen molar-refractivity contribution in [1.82, 2.24) is 4.98 Å². The van der Waals surface area contributed by atoms with E-state index in [0.29, 0.717) is 5.92 Å². The minimum absolute atomic E-state index is 0.188. The highest BCUT2D eigenvalue weighted by molar-refractivity contribution is 5.90. The standard InChI is InChI=1S/C21H18N2O3/c22-20(24)10-12-1-8-16-17(13-2-3-13)11-18(23-19(16)9-12)14-4-6-15(7-5-14)21(25)26/h1,4-9,11,13H,2-3,10H2,(H2,22,24)(H,25,26). The Kier molecular flexibility index (Phi) is 3.92. The van der Waals surface area contributed by atoms with Gasteiger partial charge in [0, 0.05) is 10.9 Å². The van der Waals surface area contributed by atoms with Gasteiger partial charge in [0.25, 0.3) is 0 Å². The van der Waals surface area contributed by atoms with Gasteiger partial charge in [-0.25, -0.2) is 9.78 Å². The number of carbonyl (C=O) groups excluding carboxylic acids is 1. The minimum atomic E-state index is -0.946. The molecule has 0 spiro atoms. The number of aromatic nitrogens is 1. The second-order valence-corrected chi connectivity index (χ2v) is 6.75. The van der Waals surface area contributed by atoms with Gasteiger partial charge in [-0.2, -0.15) is 0 Å². The molecule has 0 radical (unpaired) electrons. The van der Waals surface area contributed by atoms with Crippen molar-refractivity contribution in [3.8, 4) is 11.3 Å². The van der Waals surface area contributed by atoms with Crippen molar-refractivity contribution >= 4 is 22.8 Å². The SMILES string of the molecule is NC(=O)Cc1ccc2c(C3CC3)cc(-c3ccc(C(=O)O)cc3)nc2c1. The third kappa shape index (κ3) is 3.16. The highest BCUT2D eigenvalue weighted by Gasteiger charge is 2.26. The van der Waals surface area contributed by atoms with Crippen LogP contribution in [0.4, 0.5) is 0 Å². The molecule has 4 rings (SSSR count). The van der Waals surface area contributed by atoms with E-state index in [1.54, 1.807) is 24.3 Å². The Bertz CT molecular complexity index is 1020. The third-order valence-electron chi connectivity index (χ3n) is 4.73. The predicted octanol–water partition coefficient (Wildman–Crippen LogP) is 3.51. The van der Waals surface area contributed by atoms with Crippen LogP contribution in [0.3, 0.4) is 0 Å². The first-order chi connectivity index (χ1) is 12.5. The Hall–Kier alpha value is -3.21. The molecule has 1 saturated carbocycles. The lowest BCUT2D eigenvalue weighted by Gasteiger charge is -2.11. The number of fused-ring (bicyclic) bond motifs is 1. The van der Waals surface area contributed by atoms with Crippen molar-refractivity contribution in [2.75, 3.05) is 0 Å². The van der Waals surface area contributed by atoms with Crippen LogP contribution in [0.2, 0.25) is 0 Å². The number of amides is 1. The summed E-state index contributed by atoms with van der Waals surface area (Å²) in [5.41, 5.74) is 10.2. The maximum atomic E-state index is 11.2. The zero-order chi connectivity index (χ0) is 18.3. The largest absolute Gasteiger partial charge is 0.478 e. The fourth-order valence-electron chi connectivity index (χ4n) is 3.28. The van der Waals surface area contributed by atoms with Gasteiger partial charge in [0.1, 0.15) is 0 Å². The van der Waals surface area contributed by atoms with Crippen LogP contribution in [0.15, 0.2) is 48.5 Å². The summed E-state index contributed by atoms with van der Waals surface area (Å²) < 4.78 is 0. The van der Waals surface area contributed by atoms with Crippen LogP contribution in [-0.4, -0.2) is 22.0 Å². The predicted molar refractivity (Wildman–Crippen MR) is 99.0 cm³/mol. The van der Waals surface area contributed by atoms with Crippen LogP contribution in [0, 0.1) is 0 Å². The van der Waals surface area contributed by atoms with Gasteiger partial charge in [-0.3, -0.25) is 4.79 Å². The van der Waals surface area contributed by atoms with Crippen LogP contribution in [-0.2, 0) is 11.2 Å². The van der Waals surface area contributed by atoms with Gasteiger partial charge in [0.05, 0.1) is 23.2 Å². The lowest BCUT2D eigenvalue weighted by molar-refractivity contribution is -0.117. The fraction of sp³-hybridized carbons (Fsp3) is 0.190. The summed E-state index contributed by atoms with van der Waals surface area (Å²) in [4.78, 5) is 27.0. The van der Waals surface area contributed by atoms with E-state index >= 15 is 0 Å². The number of benzene rings is 2. The monoisotopic (exact) mass is 346 g/mol. The Labute approximate surface area is 150 Å². The van der Waals surface area contributed by atoms with Gasteiger partial charge in [0.2, 0.25) is 5.91 Å². The van der Waals surface area contributed by atoms with E-state index in [0.717, 1.165) is 27.7 Å². The van der Waals surface area contributed by atoms with Gasteiger partial charge in [-0.15, -0.1) is 0 Å². The van der Waals surface area contributed by atoms with E-state index in [1.807, 2.05) is 18.2 Å². The number of aromatic carboxylic acids is 1. The van der Waals surface area contributed by atoms with Gasteiger partial charge < -0.3 is 10.8 Å². The number of carboxylic acid groups (broad SMARTS) is 1. The zero-order valence-electron chi connectivity index (χ0n) is 14.1. The zero-order valence-corrected chi connectivity index (χ0v) is 14.1. The number of carboxylic acids is 1. The molecule has 2 aromatic carbocycles. The molecule has 1 heterocycles. The van der Waals surface area contributed by atoms with E-state index in [9.17, 15) is 9.59 Å². The van der Waals surface area contributed by atoms with Crippen LogP contribution < -0.4 is 5.73 Å². The quantitative estimate of drug-likeness (QED) is 0.739. The molecule has 0 unspecified atom stereocenters. The number of nitrogens with zero attached hydrogens (tertiary/aromatic N) is 1. The molecule has 5 nitrogen and oxygen atoms in total. The Morgan fingerprint density at radius 2 is 1.81 bits per heavy atom. The number of hydrogen-bond donors (Lipinski definition) is 2. The molecule has 0 atom stereocenters. The first-order valence-corrected chi connectivity index (χ1v) is 8.57. The van der Waals surface area contributed by atoms with Gasteiger partial charge >= 0.3 is 5.97 Å². The van der Waals surface area contributed by atoms with Crippen LogP contribution in [0.25, 0.3) is 22.2 Å². The highest BCUT2D eigenvalue weighted by atomic mass is 16.4. The van der Waals surface area contributed by atoms with E-state index in [2.05, 4.69) is 6.07 Å². The van der Waals surface area contributed by atoms with Crippen molar-refractivity contribution in [2.24, 2.45) is 5.73 Å². The molecular weight excluding hydrogens is 328 g/mol. The molecule has 1 amide bonds. The summed E-state index contributed by atoms with van der Waals surface area (Å²) in [6.45, 7) is 0. The first-order valence-electron chi connectivity index (χ1n) is 8.57. The molecule has 1 fully saturated rings. The Morgan fingerprint density at radius 3 is 2.42 bits per heavy atom. The molecule has 130 valence electrons. The van der Waals surface area contributed by atoms with Crippen molar-refractivity contribution in [2.45, 2.75) is 25.2 Å². The number of carbonyl (C=O) groups is 2. The number of hydrogen-bond acceptors (Lipinski definition) is 3. The summed E-state index contributed by atoms with van der Waals surface area (Å²) in [6.07, 6.45) is 2.52. The molecule has 0 saturated heterocycles. The van der Waals surface area contributed by atoms with Crippen molar-refractivity contribution in [3.05, 3.63) is 65.2 Å². The normalized spacial score (nSPS) is 13.7. The van der Waals surface area contributed by atoms with Crippen molar-refractivity contribution < 1.29 is 14.7 Å². The van der Waals surface area contributed by atoms with E-state index in [1.165, 1.54) is 18.4 Å². The summed E-state index contributed by atoms with van der Waals surface area (Å²) in [6, 6.07) is 14.7. The van der Waals surface area contributed by atoms with E-state index in [-0.39, 0.29) is 17.9 Å². The van der Waals surface area contributed by atoms with E-state index in [4.69, 9.17) is 15.8 Å². The molecule has 0 aliphatic heterocycles. The molecule has 0 bridgehead atoms. The Morgan fingerprint density at radius 1 is 1.08 bits per heavy atom.